The predicted molar refractivity (Wildman–Crippen MR) is 85.7 cm³/mol. The molecule has 0 aliphatic heterocycles. The Morgan fingerprint density at radius 1 is 0.947 bits per heavy atom. The van der Waals surface area contributed by atoms with Crippen molar-refractivity contribution in [3.63, 3.8) is 0 Å². The molecule has 1 nitrogen and oxygen atoms in total. The van der Waals surface area contributed by atoms with Crippen molar-refractivity contribution in [1.29, 1.82) is 0 Å². The largest absolute Gasteiger partial charge is 0.381 e. The fraction of sp³-hybridized carbons (Fsp3) is 0.600. The van der Waals surface area contributed by atoms with E-state index in [4.69, 9.17) is 34.8 Å². The maximum atomic E-state index is 6.19. The molecule has 0 spiro atoms. The number of hydrogen-bond acceptors (Lipinski definition) is 1. The summed E-state index contributed by atoms with van der Waals surface area (Å²) in [5, 5.41) is 5.19. The van der Waals surface area contributed by atoms with Crippen LogP contribution in [0.4, 0.5) is 5.69 Å². The molecule has 4 heteroatoms. The van der Waals surface area contributed by atoms with Crippen LogP contribution in [0.5, 0.6) is 0 Å². The van der Waals surface area contributed by atoms with Crippen LogP contribution in [0.2, 0.25) is 15.1 Å². The van der Waals surface area contributed by atoms with Crippen molar-refractivity contribution in [1.82, 2.24) is 0 Å². The summed E-state index contributed by atoms with van der Waals surface area (Å²) in [5.41, 5.74) is 0.893. The molecule has 1 aliphatic rings. The van der Waals surface area contributed by atoms with E-state index in [0.717, 1.165) is 17.5 Å². The van der Waals surface area contributed by atoms with Crippen molar-refractivity contribution >= 4 is 40.5 Å². The summed E-state index contributed by atoms with van der Waals surface area (Å²) in [6.07, 6.45) is 4.96. The molecule has 2 rings (SSSR count). The summed E-state index contributed by atoms with van der Waals surface area (Å²) in [6.45, 7) is 4.63. The van der Waals surface area contributed by atoms with E-state index >= 15 is 0 Å². The number of anilines is 1. The zero-order valence-corrected chi connectivity index (χ0v) is 13.6. The summed E-state index contributed by atoms with van der Waals surface area (Å²) < 4.78 is 0. The van der Waals surface area contributed by atoms with Crippen LogP contribution < -0.4 is 5.32 Å². The van der Waals surface area contributed by atoms with Crippen LogP contribution in [0.3, 0.4) is 0 Å². The van der Waals surface area contributed by atoms with Crippen LogP contribution in [0.1, 0.15) is 39.5 Å². The molecule has 0 heterocycles. The Balaban J connectivity index is 1.98. The summed E-state index contributed by atoms with van der Waals surface area (Å²) in [5.74, 6) is 1.65. The second-order valence-corrected chi connectivity index (χ2v) is 6.97. The zero-order valence-electron chi connectivity index (χ0n) is 11.3. The highest BCUT2D eigenvalue weighted by Gasteiger charge is 2.23. The van der Waals surface area contributed by atoms with Crippen molar-refractivity contribution in [3.05, 3.63) is 27.2 Å². The van der Waals surface area contributed by atoms with Gasteiger partial charge in [0.2, 0.25) is 0 Å². The lowest BCUT2D eigenvalue weighted by Crippen LogP contribution is -2.28. The van der Waals surface area contributed by atoms with Crippen LogP contribution in [-0.4, -0.2) is 6.04 Å². The van der Waals surface area contributed by atoms with Gasteiger partial charge in [0.05, 0.1) is 20.8 Å². The second kappa shape index (κ2) is 6.56. The van der Waals surface area contributed by atoms with E-state index < -0.39 is 0 Å². The second-order valence-electron chi connectivity index (χ2n) is 5.75. The smallest absolute Gasteiger partial charge is 0.0653 e. The Bertz CT molecular complexity index is 437. The average Bonchev–Trinajstić information content (AvgIpc) is 2.36. The van der Waals surface area contributed by atoms with Crippen LogP contribution in [0.25, 0.3) is 0 Å². The minimum absolute atomic E-state index is 0.491. The molecule has 1 saturated carbocycles. The third kappa shape index (κ3) is 3.93. The lowest BCUT2D eigenvalue weighted by atomic mass is 9.79. The minimum atomic E-state index is 0.491. The molecule has 0 bridgehead atoms. The molecule has 19 heavy (non-hydrogen) atoms. The molecule has 0 unspecified atom stereocenters. The molecule has 1 N–H and O–H groups in total. The van der Waals surface area contributed by atoms with E-state index in [0.29, 0.717) is 21.1 Å². The van der Waals surface area contributed by atoms with E-state index in [1.165, 1.54) is 25.7 Å². The third-order valence-electron chi connectivity index (χ3n) is 4.08. The Morgan fingerprint density at radius 2 is 1.53 bits per heavy atom. The van der Waals surface area contributed by atoms with Gasteiger partial charge in [-0.2, -0.15) is 0 Å². The molecule has 0 atom stereocenters. The number of halogens is 3. The standard InChI is InChI=1S/C15H20Cl3N/c1-9(2)10-3-5-11(6-4-10)19-15-8-13(17)12(16)7-14(15)18/h7-11,19H,3-6H2,1-2H3. The van der Waals surface area contributed by atoms with Crippen LogP contribution in [0.15, 0.2) is 12.1 Å². The Morgan fingerprint density at radius 3 is 2.11 bits per heavy atom. The van der Waals surface area contributed by atoms with E-state index in [9.17, 15) is 0 Å². The van der Waals surface area contributed by atoms with Gasteiger partial charge in [0, 0.05) is 6.04 Å². The molecule has 0 saturated heterocycles. The van der Waals surface area contributed by atoms with E-state index in [1.807, 2.05) is 6.07 Å². The number of rotatable bonds is 3. The Labute approximate surface area is 130 Å². The normalized spacial score (nSPS) is 23.7. The Hall–Kier alpha value is -0.110. The lowest BCUT2D eigenvalue weighted by molar-refractivity contribution is 0.267. The first-order valence-corrected chi connectivity index (χ1v) is 8.02. The van der Waals surface area contributed by atoms with Crippen molar-refractivity contribution < 1.29 is 0 Å². The minimum Gasteiger partial charge on any atom is -0.381 e. The SMILES string of the molecule is CC(C)C1CCC(Nc2cc(Cl)c(Cl)cc2Cl)CC1. The molecule has 106 valence electrons. The van der Waals surface area contributed by atoms with Gasteiger partial charge in [-0.3, -0.25) is 0 Å². The summed E-state index contributed by atoms with van der Waals surface area (Å²) in [7, 11) is 0. The zero-order chi connectivity index (χ0) is 14.0. The highest BCUT2D eigenvalue weighted by atomic mass is 35.5. The van der Waals surface area contributed by atoms with Crippen molar-refractivity contribution in [3.8, 4) is 0 Å². The van der Waals surface area contributed by atoms with Gasteiger partial charge in [0.15, 0.2) is 0 Å². The van der Waals surface area contributed by atoms with Crippen LogP contribution >= 0.6 is 34.8 Å². The van der Waals surface area contributed by atoms with Gasteiger partial charge in [0.1, 0.15) is 0 Å². The fourth-order valence-electron chi connectivity index (χ4n) is 2.78. The number of benzene rings is 1. The van der Waals surface area contributed by atoms with Crippen LogP contribution in [0, 0.1) is 11.8 Å². The van der Waals surface area contributed by atoms with E-state index in [1.54, 1.807) is 6.07 Å². The fourth-order valence-corrected chi connectivity index (χ4v) is 3.38. The van der Waals surface area contributed by atoms with Gasteiger partial charge in [-0.1, -0.05) is 48.7 Å². The molecule has 0 aromatic heterocycles. The first kappa shape index (κ1) is 15.3. The summed E-state index contributed by atoms with van der Waals surface area (Å²) >= 11 is 18.2. The number of hydrogen-bond donors (Lipinski definition) is 1. The van der Waals surface area contributed by atoms with Crippen molar-refractivity contribution in [2.24, 2.45) is 11.8 Å². The van der Waals surface area contributed by atoms with E-state index in [2.05, 4.69) is 19.2 Å². The van der Waals surface area contributed by atoms with Crippen molar-refractivity contribution in [2.75, 3.05) is 5.32 Å². The van der Waals surface area contributed by atoms with Gasteiger partial charge in [0.25, 0.3) is 0 Å². The molecular weight excluding hydrogens is 301 g/mol. The molecule has 1 aromatic rings. The molecular formula is C15H20Cl3N. The Kier molecular flexibility index (Phi) is 5.28. The highest BCUT2D eigenvalue weighted by Crippen LogP contribution is 2.35. The van der Waals surface area contributed by atoms with Gasteiger partial charge >= 0.3 is 0 Å². The summed E-state index contributed by atoms with van der Waals surface area (Å²) in [4.78, 5) is 0. The quantitative estimate of drug-likeness (QED) is 0.647. The van der Waals surface area contributed by atoms with Gasteiger partial charge < -0.3 is 5.32 Å². The van der Waals surface area contributed by atoms with Gasteiger partial charge in [-0.25, -0.2) is 0 Å². The molecule has 1 aliphatic carbocycles. The van der Waals surface area contributed by atoms with Crippen molar-refractivity contribution in [2.45, 2.75) is 45.6 Å². The molecule has 1 aromatic carbocycles. The summed E-state index contributed by atoms with van der Waals surface area (Å²) in [6, 6.07) is 4.01. The number of nitrogens with one attached hydrogen (secondary N) is 1. The molecule has 0 amide bonds. The maximum Gasteiger partial charge on any atom is 0.0653 e. The average molecular weight is 321 g/mol. The monoisotopic (exact) mass is 319 g/mol. The first-order valence-electron chi connectivity index (χ1n) is 6.88. The van der Waals surface area contributed by atoms with Gasteiger partial charge in [-0.05, 0) is 49.7 Å². The van der Waals surface area contributed by atoms with Gasteiger partial charge in [-0.15, -0.1) is 0 Å². The molecule has 0 radical (unpaired) electrons. The molecule has 1 fully saturated rings. The van der Waals surface area contributed by atoms with Crippen LogP contribution in [-0.2, 0) is 0 Å². The highest BCUT2D eigenvalue weighted by molar-refractivity contribution is 6.44. The lowest BCUT2D eigenvalue weighted by Gasteiger charge is -2.32. The predicted octanol–water partition coefficient (Wildman–Crippen LogP) is 6.27. The third-order valence-corrected chi connectivity index (χ3v) is 5.12. The first-order chi connectivity index (χ1) is 8.97. The maximum absolute atomic E-state index is 6.19. The van der Waals surface area contributed by atoms with E-state index in [-0.39, 0.29) is 0 Å². The topological polar surface area (TPSA) is 12.0 Å².